The first-order valence-corrected chi connectivity index (χ1v) is 21.1. The Labute approximate surface area is 354 Å². The summed E-state index contributed by atoms with van der Waals surface area (Å²) in [5.74, 6) is -1.82. The first-order valence-electron chi connectivity index (χ1n) is 20.7. The topological polar surface area (TPSA) is 140 Å². The van der Waals surface area contributed by atoms with Crippen molar-refractivity contribution in [1.29, 1.82) is 0 Å². The third-order valence-corrected chi connectivity index (χ3v) is 13.3. The Morgan fingerprint density at radius 1 is 0.820 bits per heavy atom. The Hall–Kier alpha value is -5.74. The summed E-state index contributed by atoms with van der Waals surface area (Å²) in [7, 11) is 0. The third-order valence-electron chi connectivity index (χ3n) is 13.0. The van der Waals surface area contributed by atoms with Crippen LogP contribution >= 0.6 is 11.6 Å². The van der Waals surface area contributed by atoms with E-state index in [-0.39, 0.29) is 35.0 Å². The highest BCUT2D eigenvalue weighted by Crippen LogP contribution is 2.42. The number of hydrogen-bond donors (Lipinski definition) is 2. The molecular weight excluding hydrogens is 813 g/mol. The number of imide groups is 2. The van der Waals surface area contributed by atoms with Gasteiger partial charge in [0.15, 0.2) is 0 Å². The molecule has 1 saturated carbocycles. The fourth-order valence-electron chi connectivity index (χ4n) is 9.26. The number of carbonyl (C=O) groups excluding carboxylic acids is 5. The molecule has 13 nitrogen and oxygen atoms in total. The van der Waals surface area contributed by atoms with Crippen molar-refractivity contribution in [2.24, 2.45) is 5.92 Å². The van der Waals surface area contributed by atoms with Crippen LogP contribution < -0.4 is 20.4 Å². The first kappa shape index (κ1) is 40.7. The van der Waals surface area contributed by atoms with Crippen LogP contribution in [0, 0.1) is 5.92 Å². The summed E-state index contributed by atoms with van der Waals surface area (Å²) in [6, 6.07) is 15.5. The zero-order valence-corrected chi connectivity index (χ0v) is 34.0. The van der Waals surface area contributed by atoms with Gasteiger partial charge in [-0.05, 0) is 98.5 Å². The molecule has 1 aromatic heterocycles. The second-order valence-corrected chi connectivity index (χ2v) is 17.1. The third kappa shape index (κ3) is 7.75. The molecule has 5 heterocycles. The summed E-state index contributed by atoms with van der Waals surface area (Å²) in [6.45, 7) is 6.23. The number of hydrogen-bond acceptors (Lipinski definition) is 9. The van der Waals surface area contributed by atoms with Gasteiger partial charge in [-0.1, -0.05) is 23.7 Å². The van der Waals surface area contributed by atoms with Crippen LogP contribution in [0.2, 0.25) is 5.02 Å². The van der Waals surface area contributed by atoms with E-state index in [9.17, 15) is 37.1 Å². The summed E-state index contributed by atoms with van der Waals surface area (Å²) in [4.78, 5) is 72.2. The van der Waals surface area contributed by atoms with E-state index in [4.69, 9.17) is 11.6 Å². The number of carbonyl (C=O) groups is 5. The lowest BCUT2D eigenvalue weighted by Crippen LogP contribution is -2.54. The number of benzene rings is 3. The molecule has 318 valence electrons. The van der Waals surface area contributed by atoms with Crippen molar-refractivity contribution >= 4 is 58.2 Å². The lowest BCUT2D eigenvalue weighted by Gasteiger charge is -2.40. The van der Waals surface area contributed by atoms with Crippen LogP contribution in [-0.4, -0.2) is 101 Å². The van der Waals surface area contributed by atoms with E-state index in [0.29, 0.717) is 24.3 Å². The monoisotopic (exact) mass is 856 g/mol. The number of nitrogens with zero attached hydrogens (tertiary/aromatic N) is 6. The lowest BCUT2D eigenvalue weighted by atomic mass is 9.76. The van der Waals surface area contributed by atoms with Crippen molar-refractivity contribution in [1.82, 2.24) is 24.9 Å². The zero-order chi connectivity index (χ0) is 42.6. The molecular formula is C44H44ClF3N8O5. The maximum atomic E-state index is 13.5. The predicted molar refractivity (Wildman–Crippen MR) is 221 cm³/mol. The molecule has 2 N–H and O–H groups in total. The molecule has 0 bridgehead atoms. The SMILES string of the molecule is O=C1CCC(N2C(=O)c3ccc(N4CCN(CC5CCN(c6ccc(-c7cnn(C8(C(=O)Nc9ccc(C(F)(F)F)cc9Cl)CCC8)c7)cc6)CC5)CC4)cc3C2=O)C(=O)N1. The van der Waals surface area contributed by atoms with Crippen molar-refractivity contribution in [2.45, 2.75) is 62.7 Å². The van der Waals surface area contributed by atoms with E-state index >= 15 is 0 Å². The van der Waals surface area contributed by atoms with Gasteiger partial charge in [0.2, 0.25) is 11.8 Å². The van der Waals surface area contributed by atoms with Crippen molar-refractivity contribution in [2.75, 3.05) is 60.9 Å². The number of amides is 5. The molecule has 5 aliphatic rings. The van der Waals surface area contributed by atoms with Gasteiger partial charge in [-0.15, -0.1) is 0 Å². The molecule has 9 rings (SSSR count). The van der Waals surface area contributed by atoms with Crippen LogP contribution in [0.4, 0.5) is 30.2 Å². The predicted octanol–water partition coefficient (Wildman–Crippen LogP) is 6.18. The normalized spacial score (nSPS) is 21.0. The molecule has 4 fully saturated rings. The average molecular weight is 857 g/mol. The summed E-state index contributed by atoms with van der Waals surface area (Å²) in [5, 5.41) is 9.34. The fourth-order valence-corrected chi connectivity index (χ4v) is 9.48. The molecule has 1 atom stereocenters. The van der Waals surface area contributed by atoms with Gasteiger partial charge in [0.05, 0.1) is 33.6 Å². The molecule has 1 unspecified atom stereocenters. The molecule has 3 aromatic carbocycles. The van der Waals surface area contributed by atoms with Gasteiger partial charge >= 0.3 is 6.18 Å². The second kappa shape index (κ2) is 15.9. The van der Waals surface area contributed by atoms with Gasteiger partial charge in [-0.2, -0.15) is 18.3 Å². The highest BCUT2D eigenvalue weighted by Gasteiger charge is 2.48. The number of halogens is 4. The van der Waals surface area contributed by atoms with E-state index in [0.717, 1.165) is 105 Å². The van der Waals surface area contributed by atoms with Gasteiger partial charge in [0.1, 0.15) is 11.6 Å². The number of piperidine rings is 2. The van der Waals surface area contributed by atoms with E-state index < -0.39 is 46.9 Å². The second-order valence-electron chi connectivity index (χ2n) is 16.6. The number of aromatic nitrogens is 2. The van der Waals surface area contributed by atoms with Crippen LogP contribution in [0.5, 0.6) is 0 Å². The average Bonchev–Trinajstić information content (AvgIpc) is 3.81. The Kier molecular flexibility index (Phi) is 10.6. The molecule has 4 aliphatic heterocycles. The smallest absolute Gasteiger partial charge is 0.372 e. The molecule has 1 aliphatic carbocycles. The minimum Gasteiger partial charge on any atom is -0.372 e. The summed E-state index contributed by atoms with van der Waals surface area (Å²) in [5.41, 5.74) is 2.67. The molecule has 17 heteroatoms. The summed E-state index contributed by atoms with van der Waals surface area (Å²) >= 11 is 6.13. The van der Waals surface area contributed by atoms with Crippen molar-refractivity contribution in [3.63, 3.8) is 0 Å². The van der Waals surface area contributed by atoms with E-state index in [1.54, 1.807) is 23.0 Å². The quantitative estimate of drug-likeness (QED) is 0.189. The van der Waals surface area contributed by atoms with Crippen molar-refractivity contribution in [3.8, 4) is 11.1 Å². The Morgan fingerprint density at radius 3 is 2.16 bits per heavy atom. The van der Waals surface area contributed by atoms with Crippen molar-refractivity contribution in [3.05, 3.63) is 94.8 Å². The molecule has 3 saturated heterocycles. The van der Waals surface area contributed by atoms with Gasteiger partial charge in [0.25, 0.3) is 17.7 Å². The highest BCUT2D eigenvalue weighted by atomic mass is 35.5. The van der Waals surface area contributed by atoms with Gasteiger partial charge < -0.3 is 15.1 Å². The van der Waals surface area contributed by atoms with Crippen molar-refractivity contribution < 1.29 is 37.1 Å². The Morgan fingerprint density at radius 2 is 1.51 bits per heavy atom. The maximum Gasteiger partial charge on any atom is 0.416 e. The number of rotatable bonds is 9. The number of piperazine rings is 1. The maximum absolute atomic E-state index is 13.5. The first-order chi connectivity index (χ1) is 29.3. The van der Waals surface area contributed by atoms with Crippen LogP contribution in [0.15, 0.2) is 73.1 Å². The molecule has 5 amide bonds. The van der Waals surface area contributed by atoms with E-state index in [1.807, 2.05) is 12.3 Å². The van der Waals surface area contributed by atoms with Gasteiger partial charge in [-0.3, -0.25) is 43.8 Å². The van der Waals surface area contributed by atoms with E-state index in [1.165, 1.54) is 6.07 Å². The molecule has 0 spiro atoms. The van der Waals surface area contributed by atoms with Crippen LogP contribution in [0.25, 0.3) is 11.1 Å². The number of anilines is 3. The summed E-state index contributed by atoms with van der Waals surface area (Å²) < 4.78 is 41.1. The fraction of sp³-hybridized carbons (Fsp3) is 0.409. The lowest BCUT2D eigenvalue weighted by molar-refractivity contribution is -0.138. The Bertz CT molecular complexity index is 2400. The van der Waals surface area contributed by atoms with Crippen LogP contribution in [-0.2, 0) is 26.1 Å². The summed E-state index contributed by atoms with van der Waals surface area (Å²) in [6.07, 6.45) is 3.28. The number of nitrogens with one attached hydrogen (secondary N) is 2. The Balaban J connectivity index is 0.751. The zero-order valence-electron chi connectivity index (χ0n) is 33.2. The molecule has 4 aromatic rings. The minimum atomic E-state index is -4.54. The largest absolute Gasteiger partial charge is 0.416 e. The standard InChI is InChI=1S/C44H44ClF3N8O5/c45-35-22-30(44(46,47)48)4-9-36(35)50-42(61)43(14-1-15-43)55-26-29(24-49-55)28-2-5-31(6-3-28)53-16-12-27(13-17-53)25-52-18-20-54(21-19-52)32-7-8-33-34(23-32)41(60)56(40(33)59)37-10-11-38(57)51-39(37)58/h2-9,22-24,26-27,37H,1,10-21,25H2,(H,50,61)(H,51,57,58). The molecule has 0 radical (unpaired) electrons. The van der Waals surface area contributed by atoms with E-state index in [2.05, 4.69) is 54.7 Å². The number of fused-ring (bicyclic) bond motifs is 1. The minimum absolute atomic E-state index is 0.0800. The van der Waals surface area contributed by atoms with Gasteiger partial charge in [-0.25, -0.2) is 0 Å². The van der Waals surface area contributed by atoms with Crippen LogP contribution in [0.1, 0.15) is 71.2 Å². The van der Waals surface area contributed by atoms with Gasteiger partial charge in [0, 0.05) is 75.4 Å². The highest BCUT2D eigenvalue weighted by molar-refractivity contribution is 6.33. The molecule has 61 heavy (non-hydrogen) atoms. The van der Waals surface area contributed by atoms with Crippen LogP contribution in [0.3, 0.4) is 0 Å². The number of alkyl halides is 3.